The van der Waals surface area contributed by atoms with Crippen LogP contribution in [0.15, 0.2) is 22.9 Å². The van der Waals surface area contributed by atoms with Gasteiger partial charge in [0.2, 0.25) is 0 Å². The fourth-order valence-electron chi connectivity index (χ4n) is 3.86. The molecule has 0 saturated heterocycles. The maximum absolute atomic E-state index is 12.5. The van der Waals surface area contributed by atoms with Gasteiger partial charge < -0.3 is 10.3 Å². The van der Waals surface area contributed by atoms with Crippen LogP contribution in [0.4, 0.5) is 5.82 Å². The zero-order valence-corrected chi connectivity index (χ0v) is 15.4. The summed E-state index contributed by atoms with van der Waals surface area (Å²) < 4.78 is 7.66. The standard InChI is InChI=1S/C20H21N5O2/c1-10(2)25-13-8-9-22-20(21)16(13)17(23-25)18-15(12-4-3-5-14(12)26)19(27-24-18)11-6-7-11/h4,8-11H,3,5-7H2,1-2H3,(H2,21,22). The fourth-order valence-corrected chi connectivity index (χ4v) is 3.86. The molecule has 0 spiro atoms. The zero-order valence-electron chi connectivity index (χ0n) is 15.4. The van der Waals surface area contributed by atoms with Crippen LogP contribution in [0.5, 0.6) is 0 Å². The van der Waals surface area contributed by atoms with Crippen LogP contribution in [-0.4, -0.2) is 25.7 Å². The molecule has 2 aliphatic carbocycles. The number of carbonyl (C=O) groups excluding carboxylic acids is 1. The molecular weight excluding hydrogens is 342 g/mol. The van der Waals surface area contributed by atoms with Crippen LogP contribution in [0.25, 0.3) is 27.9 Å². The lowest BCUT2D eigenvalue weighted by atomic mass is 9.97. The Hall–Kier alpha value is -2.96. The molecule has 7 heteroatoms. The molecule has 3 aromatic heterocycles. The maximum Gasteiger partial charge on any atom is 0.163 e. The van der Waals surface area contributed by atoms with Gasteiger partial charge in [-0.3, -0.25) is 9.48 Å². The predicted octanol–water partition coefficient (Wildman–Crippen LogP) is 3.87. The third kappa shape index (κ3) is 2.41. The molecule has 1 fully saturated rings. The molecule has 2 aliphatic rings. The van der Waals surface area contributed by atoms with Crippen molar-refractivity contribution in [3.63, 3.8) is 0 Å². The van der Waals surface area contributed by atoms with E-state index in [1.807, 2.05) is 16.8 Å². The van der Waals surface area contributed by atoms with Gasteiger partial charge in [0.1, 0.15) is 23.0 Å². The highest BCUT2D eigenvalue weighted by Gasteiger charge is 2.37. The van der Waals surface area contributed by atoms with Crippen LogP contribution in [0.1, 0.15) is 62.8 Å². The van der Waals surface area contributed by atoms with E-state index in [-0.39, 0.29) is 11.8 Å². The average Bonchev–Trinajstić information content (AvgIpc) is 3.07. The SMILES string of the molecule is CC(C)n1nc(-c2noc(C3CC3)c2C2=CCCC2=O)c2c(N)nccc21. The summed E-state index contributed by atoms with van der Waals surface area (Å²) in [6, 6.07) is 2.05. The summed E-state index contributed by atoms with van der Waals surface area (Å²) in [7, 11) is 0. The van der Waals surface area contributed by atoms with Gasteiger partial charge in [0.15, 0.2) is 5.78 Å². The summed E-state index contributed by atoms with van der Waals surface area (Å²) in [6.45, 7) is 4.13. The number of Topliss-reactive ketones (excluding diaryl/α,β-unsaturated/α-hetero) is 1. The van der Waals surface area contributed by atoms with E-state index in [9.17, 15) is 4.79 Å². The first-order chi connectivity index (χ1) is 13.1. The Bertz CT molecular complexity index is 1100. The van der Waals surface area contributed by atoms with Crippen LogP contribution < -0.4 is 5.73 Å². The molecule has 1 saturated carbocycles. The van der Waals surface area contributed by atoms with Gasteiger partial charge in [-0.15, -0.1) is 0 Å². The quantitative estimate of drug-likeness (QED) is 0.755. The molecule has 0 aliphatic heterocycles. The third-order valence-electron chi connectivity index (χ3n) is 5.32. The van der Waals surface area contributed by atoms with E-state index >= 15 is 0 Å². The van der Waals surface area contributed by atoms with Gasteiger partial charge in [0.05, 0.1) is 16.5 Å². The molecule has 2 N–H and O–H groups in total. The molecule has 0 amide bonds. The minimum Gasteiger partial charge on any atom is -0.383 e. The molecule has 3 aromatic rings. The third-order valence-corrected chi connectivity index (χ3v) is 5.32. The summed E-state index contributed by atoms with van der Waals surface area (Å²) in [6.07, 6.45) is 7.10. The molecule has 27 heavy (non-hydrogen) atoms. The minimum atomic E-state index is 0.139. The van der Waals surface area contributed by atoms with Crippen LogP contribution in [0.3, 0.4) is 0 Å². The maximum atomic E-state index is 12.5. The van der Waals surface area contributed by atoms with Crippen molar-refractivity contribution in [1.82, 2.24) is 19.9 Å². The van der Waals surface area contributed by atoms with E-state index in [1.165, 1.54) is 0 Å². The van der Waals surface area contributed by atoms with Gasteiger partial charge in [-0.1, -0.05) is 11.2 Å². The molecule has 0 aromatic carbocycles. The number of allylic oxidation sites excluding steroid dienone is 2. The highest BCUT2D eigenvalue weighted by atomic mass is 16.5. The second-order valence-corrected chi connectivity index (χ2v) is 7.60. The van der Waals surface area contributed by atoms with Crippen molar-refractivity contribution in [3.05, 3.63) is 29.7 Å². The molecule has 7 nitrogen and oxygen atoms in total. The second kappa shape index (κ2) is 5.77. The number of hydrogen-bond donors (Lipinski definition) is 1. The van der Waals surface area contributed by atoms with E-state index in [1.54, 1.807) is 6.20 Å². The largest absolute Gasteiger partial charge is 0.383 e. The normalized spacial score (nSPS) is 17.3. The smallest absolute Gasteiger partial charge is 0.163 e. The van der Waals surface area contributed by atoms with Crippen molar-refractivity contribution in [2.75, 3.05) is 5.73 Å². The average molecular weight is 363 g/mol. The van der Waals surface area contributed by atoms with Crippen LogP contribution in [0, 0.1) is 0 Å². The lowest BCUT2D eigenvalue weighted by Crippen LogP contribution is -2.03. The Morgan fingerprint density at radius 2 is 2.11 bits per heavy atom. The first-order valence-electron chi connectivity index (χ1n) is 9.42. The number of nitrogens with zero attached hydrogens (tertiary/aromatic N) is 4. The summed E-state index contributed by atoms with van der Waals surface area (Å²) in [5, 5.41) is 9.93. The first-order valence-corrected chi connectivity index (χ1v) is 9.42. The van der Waals surface area contributed by atoms with Gasteiger partial charge in [-0.2, -0.15) is 5.10 Å². The molecule has 138 valence electrons. The van der Waals surface area contributed by atoms with Gasteiger partial charge in [0.25, 0.3) is 0 Å². The van der Waals surface area contributed by atoms with E-state index in [4.69, 9.17) is 15.4 Å². The predicted molar refractivity (Wildman–Crippen MR) is 102 cm³/mol. The number of nitrogens with two attached hydrogens (primary N) is 1. The number of nitrogen functional groups attached to an aromatic ring is 1. The fraction of sp³-hybridized carbons (Fsp3) is 0.400. The molecule has 5 rings (SSSR count). The number of hydrogen-bond acceptors (Lipinski definition) is 6. The second-order valence-electron chi connectivity index (χ2n) is 7.60. The topological polar surface area (TPSA) is 99.8 Å². The summed E-state index contributed by atoms with van der Waals surface area (Å²) in [5.41, 5.74) is 9.87. The Balaban J connectivity index is 1.80. The zero-order chi connectivity index (χ0) is 18.7. The van der Waals surface area contributed by atoms with E-state index < -0.39 is 0 Å². The van der Waals surface area contributed by atoms with E-state index in [2.05, 4.69) is 24.0 Å². The van der Waals surface area contributed by atoms with Crippen molar-refractivity contribution >= 4 is 28.1 Å². The van der Waals surface area contributed by atoms with E-state index in [0.717, 1.165) is 41.5 Å². The number of ketones is 1. The number of fused-ring (bicyclic) bond motifs is 1. The van der Waals surface area contributed by atoms with Crippen molar-refractivity contribution < 1.29 is 9.32 Å². The monoisotopic (exact) mass is 363 g/mol. The highest BCUT2D eigenvalue weighted by Crippen LogP contribution is 2.48. The molecule has 0 atom stereocenters. The van der Waals surface area contributed by atoms with E-state index in [0.29, 0.717) is 35.1 Å². The molecule has 0 unspecified atom stereocenters. The molecule has 3 heterocycles. The highest BCUT2D eigenvalue weighted by molar-refractivity contribution is 6.24. The first kappa shape index (κ1) is 16.2. The lowest BCUT2D eigenvalue weighted by molar-refractivity contribution is -0.113. The van der Waals surface area contributed by atoms with Crippen LogP contribution >= 0.6 is 0 Å². The molecule has 0 radical (unpaired) electrons. The summed E-state index contributed by atoms with van der Waals surface area (Å²) >= 11 is 0. The molecule has 0 bridgehead atoms. The van der Waals surface area contributed by atoms with Crippen molar-refractivity contribution in [1.29, 1.82) is 0 Å². The number of pyridine rings is 1. The van der Waals surface area contributed by atoms with Gasteiger partial charge >= 0.3 is 0 Å². The Labute approximate surface area is 156 Å². The van der Waals surface area contributed by atoms with Crippen LogP contribution in [0.2, 0.25) is 0 Å². The van der Waals surface area contributed by atoms with Crippen molar-refractivity contribution in [3.8, 4) is 11.4 Å². The number of rotatable bonds is 4. The minimum absolute atomic E-state index is 0.139. The van der Waals surface area contributed by atoms with Crippen molar-refractivity contribution in [2.24, 2.45) is 0 Å². The van der Waals surface area contributed by atoms with Gasteiger partial charge in [0, 0.05) is 30.2 Å². The summed E-state index contributed by atoms with van der Waals surface area (Å²) in [4.78, 5) is 16.7. The van der Waals surface area contributed by atoms with Gasteiger partial charge in [-0.05, 0) is 39.2 Å². The lowest BCUT2D eigenvalue weighted by Gasteiger charge is -2.06. The Morgan fingerprint density at radius 1 is 1.30 bits per heavy atom. The number of anilines is 1. The Kier molecular flexibility index (Phi) is 3.47. The Morgan fingerprint density at radius 3 is 2.78 bits per heavy atom. The molecular formula is C20H21N5O2. The van der Waals surface area contributed by atoms with Crippen molar-refractivity contribution in [2.45, 2.75) is 51.5 Å². The summed E-state index contributed by atoms with van der Waals surface area (Å²) in [5.74, 6) is 1.69. The number of carbonyl (C=O) groups is 1. The number of aromatic nitrogens is 4. The van der Waals surface area contributed by atoms with Gasteiger partial charge in [-0.25, -0.2) is 4.98 Å². The van der Waals surface area contributed by atoms with Crippen LogP contribution in [-0.2, 0) is 4.79 Å².